The van der Waals surface area contributed by atoms with Crippen LogP contribution in [0.25, 0.3) is 0 Å². The lowest BCUT2D eigenvalue weighted by Crippen LogP contribution is -2.59. The Labute approximate surface area is 133 Å². The van der Waals surface area contributed by atoms with Crippen molar-refractivity contribution in [1.29, 1.82) is 0 Å². The van der Waals surface area contributed by atoms with Gasteiger partial charge in [0, 0.05) is 38.5 Å². The topological polar surface area (TPSA) is 55.8 Å². The highest BCUT2D eigenvalue weighted by Gasteiger charge is 2.56. The van der Waals surface area contributed by atoms with Crippen molar-refractivity contribution in [3.63, 3.8) is 0 Å². The molecule has 2 rings (SSSR count). The van der Waals surface area contributed by atoms with Gasteiger partial charge in [-0.05, 0) is 26.2 Å². The number of carbonyl (C=O) groups excluding carboxylic acids is 2. The highest BCUT2D eigenvalue weighted by atomic mass is 16.6. The fraction of sp³-hybridized carbons (Fsp3) is 0.882. The van der Waals surface area contributed by atoms with Gasteiger partial charge in [0.2, 0.25) is 5.91 Å². The fourth-order valence-electron chi connectivity index (χ4n) is 3.85. The van der Waals surface area contributed by atoms with Gasteiger partial charge < -0.3 is 14.4 Å². The Balaban J connectivity index is 1.95. The van der Waals surface area contributed by atoms with Crippen LogP contribution in [0.2, 0.25) is 0 Å². The van der Waals surface area contributed by atoms with Crippen molar-refractivity contribution in [3.8, 4) is 0 Å². The summed E-state index contributed by atoms with van der Waals surface area (Å²) in [5.74, 6) is -0.444. The third-order valence-corrected chi connectivity index (χ3v) is 5.65. The zero-order valence-electron chi connectivity index (χ0n) is 14.3. The standard InChI is InChI=1S/C17H29NO4/c1-5-17(6-2)13(21-7-3)11-14(17)22-16(20)12-8-9-18(4)15(19)10-12/h12-14H,5-11H2,1-4H3/t12-,13+,14+/m0/s1. The molecule has 22 heavy (non-hydrogen) atoms. The molecule has 1 saturated carbocycles. The molecule has 0 unspecified atom stereocenters. The highest BCUT2D eigenvalue weighted by Crippen LogP contribution is 2.50. The molecule has 0 aromatic heterocycles. The molecular weight excluding hydrogens is 282 g/mol. The van der Waals surface area contributed by atoms with Crippen molar-refractivity contribution in [2.45, 2.75) is 65.1 Å². The van der Waals surface area contributed by atoms with Gasteiger partial charge in [0.25, 0.3) is 0 Å². The van der Waals surface area contributed by atoms with Crippen LogP contribution < -0.4 is 0 Å². The van der Waals surface area contributed by atoms with Gasteiger partial charge in [-0.25, -0.2) is 0 Å². The third-order valence-electron chi connectivity index (χ3n) is 5.65. The summed E-state index contributed by atoms with van der Waals surface area (Å²) in [6.07, 6.45) is 3.76. The number of ether oxygens (including phenoxy) is 2. The number of hydrogen-bond donors (Lipinski definition) is 0. The van der Waals surface area contributed by atoms with Crippen molar-refractivity contribution in [2.75, 3.05) is 20.2 Å². The van der Waals surface area contributed by atoms with Crippen LogP contribution >= 0.6 is 0 Å². The summed E-state index contributed by atoms with van der Waals surface area (Å²) in [5.41, 5.74) is -0.0544. The largest absolute Gasteiger partial charge is 0.461 e. The Hall–Kier alpha value is -1.10. The normalized spacial score (nSPS) is 30.8. The minimum atomic E-state index is -0.277. The molecule has 1 heterocycles. The molecule has 1 saturated heterocycles. The zero-order valence-corrected chi connectivity index (χ0v) is 14.3. The van der Waals surface area contributed by atoms with Gasteiger partial charge in [0.05, 0.1) is 12.0 Å². The summed E-state index contributed by atoms with van der Waals surface area (Å²) in [5, 5.41) is 0. The van der Waals surface area contributed by atoms with E-state index in [0.717, 1.165) is 19.3 Å². The quantitative estimate of drug-likeness (QED) is 0.707. The lowest BCUT2D eigenvalue weighted by Gasteiger charge is -2.54. The average molecular weight is 311 g/mol. The molecule has 0 N–H and O–H groups in total. The maximum absolute atomic E-state index is 12.4. The first-order valence-electron chi connectivity index (χ1n) is 8.54. The van der Waals surface area contributed by atoms with Gasteiger partial charge in [0.15, 0.2) is 0 Å². The fourth-order valence-corrected chi connectivity index (χ4v) is 3.85. The molecule has 0 aromatic rings. The lowest BCUT2D eigenvalue weighted by atomic mass is 9.60. The summed E-state index contributed by atoms with van der Waals surface area (Å²) in [4.78, 5) is 25.8. The summed E-state index contributed by atoms with van der Waals surface area (Å²) in [6, 6.07) is 0. The number of hydrogen-bond acceptors (Lipinski definition) is 4. The summed E-state index contributed by atoms with van der Waals surface area (Å²) in [7, 11) is 1.78. The SMILES string of the molecule is CCO[C@@H]1C[C@@H](OC(=O)[C@H]2CCN(C)C(=O)C2)C1(CC)CC. The van der Waals surface area contributed by atoms with Crippen LogP contribution in [0.5, 0.6) is 0 Å². The van der Waals surface area contributed by atoms with Gasteiger partial charge in [-0.1, -0.05) is 13.8 Å². The molecule has 0 spiro atoms. The van der Waals surface area contributed by atoms with Crippen LogP contribution in [0.4, 0.5) is 0 Å². The summed E-state index contributed by atoms with van der Waals surface area (Å²) >= 11 is 0. The van der Waals surface area contributed by atoms with Crippen LogP contribution in [0.15, 0.2) is 0 Å². The number of rotatable bonds is 6. The van der Waals surface area contributed by atoms with Crippen molar-refractivity contribution in [2.24, 2.45) is 11.3 Å². The number of carbonyl (C=O) groups is 2. The van der Waals surface area contributed by atoms with E-state index in [1.807, 2.05) is 6.92 Å². The van der Waals surface area contributed by atoms with Gasteiger partial charge >= 0.3 is 5.97 Å². The van der Waals surface area contributed by atoms with Crippen LogP contribution in [0.1, 0.15) is 52.9 Å². The molecule has 5 nitrogen and oxygen atoms in total. The Morgan fingerprint density at radius 3 is 2.50 bits per heavy atom. The van der Waals surface area contributed by atoms with E-state index in [-0.39, 0.29) is 41.8 Å². The molecule has 0 bridgehead atoms. The van der Waals surface area contributed by atoms with Crippen molar-refractivity contribution < 1.29 is 19.1 Å². The minimum Gasteiger partial charge on any atom is -0.461 e. The Morgan fingerprint density at radius 1 is 1.27 bits per heavy atom. The third kappa shape index (κ3) is 3.00. The molecule has 2 aliphatic rings. The van der Waals surface area contributed by atoms with Gasteiger partial charge in [-0.2, -0.15) is 0 Å². The average Bonchev–Trinajstić information content (AvgIpc) is 2.50. The van der Waals surface area contributed by atoms with E-state index in [4.69, 9.17) is 9.47 Å². The van der Waals surface area contributed by atoms with E-state index >= 15 is 0 Å². The number of likely N-dealkylation sites (tertiary alicyclic amines) is 1. The van der Waals surface area contributed by atoms with Crippen molar-refractivity contribution in [3.05, 3.63) is 0 Å². The van der Waals surface area contributed by atoms with Crippen LogP contribution in [0.3, 0.4) is 0 Å². The second-order valence-electron chi connectivity index (χ2n) is 6.55. The Bertz CT molecular complexity index is 419. The maximum atomic E-state index is 12.4. The first kappa shape index (κ1) is 17.3. The summed E-state index contributed by atoms with van der Waals surface area (Å²) < 4.78 is 11.6. The molecular formula is C17H29NO4. The van der Waals surface area contributed by atoms with Crippen LogP contribution in [-0.4, -0.2) is 49.2 Å². The molecule has 0 radical (unpaired) electrons. The van der Waals surface area contributed by atoms with E-state index in [1.54, 1.807) is 11.9 Å². The Kier molecular flexibility index (Phi) is 5.48. The minimum absolute atomic E-state index is 0.0336. The van der Waals surface area contributed by atoms with Crippen LogP contribution in [0, 0.1) is 11.3 Å². The molecule has 2 fully saturated rings. The molecule has 126 valence electrons. The van der Waals surface area contributed by atoms with E-state index < -0.39 is 0 Å². The molecule has 1 aliphatic carbocycles. The van der Waals surface area contributed by atoms with E-state index in [1.165, 1.54) is 0 Å². The van der Waals surface area contributed by atoms with E-state index in [0.29, 0.717) is 19.6 Å². The molecule has 1 amide bonds. The number of nitrogens with zero attached hydrogens (tertiary/aromatic N) is 1. The molecule has 0 aromatic carbocycles. The van der Waals surface area contributed by atoms with E-state index in [9.17, 15) is 9.59 Å². The molecule has 1 aliphatic heterocycles. The maximum Gasteiger partial charge on any atom is 0.309 e. The van der Waals surface area contributed by atoms with Gasteiger partial charge in [0.1, 0.15) is 6.10 Å². The molecule has 3 atom stereocenters. The highest BCUT2D eigenvalue weighted by molar-refractivity contribution is 5.84. The van der Waals surface area contributed by atoms with Gasteiger partial charge in [-0.3, -0.25) is 9.59 Å². The zero-order chi connectivity index (χ0) is 16.3. The monoisotopic (exact) mass is 311 g/mol. The number of piperidine rings is 1. The van der Waals surface area contributed by atoms with Crippen LogP contribution in [-0.2, 0) is 19.1 Å². The van der Waals surface area contributed by atoms with Gasteiger partial charge in [-0.15, -0.1) is 0 Å². The smallest absolute Gasteiger partial charge is 0.309 e. The second kappa shape index (κ2) is 6.99. The predicted octanol–water partition coefficient (Wildman–Crippen LogP) is 2.38. The van der Waals surface area contributed by atoms with Crippen molar-refractivity contribution >= 4 is 11.9 Å². The second-order valence-corrected chi connectivity index (χ2v) is 6.55. The number of amides is 1. The van der Waals surface area contributed by atoms with Crippen molar-refractivity contribution in [1.82, 2.24) is 4.90 Å². The first-order chi connectivity index (χ1) is 10.5. The number of esters is 1. The summed E-state index contributed by atoms with van der Waals surface area (Å²) in [6.45, 7) is 7.59. The van der Waals surface area contributed by atoms with E-state index in [2.05, 4.69) is 13.8 Å². The first-order valence-corrected chi connectivity index (χ1v) is 8.54. The predicted molar refractivity (Wildman–Crippen MR) is 83.3 cm³/mol. The Morgan fingerprint density at radius 2 is 1.95 bits per heavy atom. The molecule has 5 heteroatoms. The lowest BCUT2D eigenvalue weighted by molar-refractivity contribution is -0.219.